The van der Waals surface area contributed by atoms with Gasteiger partial charge >= 0.3 is 0 Å². The van der Waals surface area contributed by atoms with E-state index in [0.29, 0.717) is 49.1 Å². The number of amides is 1. The molecular formula is C21H28N2O4S. The second-order valence-electron chi connectivity index (χ2n) is 7.13. The molecule has 2 atom stereocenters. The second-order valence-corrected chi connectivity index (χ2v) is 8.28. The fourth-order valence-corrected chi connectivity index (χ4v) is 4.86. The van der Waals surface area contributed by atoms with Crippen molar-refractivity contribution in [2.75, 3.05) is 38.4 Å². The predicted molar refractivity (Wildman–Crippen MR) is 109 cm³/mol. The first kappa shape index (κ1) is 20.8. The Morgan fingerprint density at radius 1 is 1.39 bits per heavy atom. The maximum absolute atomic E-state index is 12.9. The van der Waals surface area contributed by atoms with Gasteiger partial charge in [-0.2, -0.15) is 17.0 Å². The van der Waals surface area contributed by atoms with Gasteiger partial charge < -0.3 is 19.1 Å². The number of thioether (sulfide) groups is 1. The first-order chi connectivity index (χ1) is 13.7. The number of hydrogen-bond acceptors (Lipinski definition) is 6. The lowest BCUT2D eigenvalue weighted by atomic mass is 10.1. The Hall–Kier alpha value is -1.91. The molecular weight excluding hydrogens is 376 g/mol. The van der Waals surface area contributed by atoms with Crippen molar-refractivity contribution in [2.24, 2.45) is 0 Å². The molecule has 2 aliphatic rings. The molecule has 2 heterocycles. The van der Waals surface area contributed by atoms with E-state index in [4.69, 9.17) is 19.5 Å². The van der Waals surface area contributed by atoms with E-state index in [-0.39, 0.29) is 12.0 Å². The van der Waals surface area contributed by atoms with Crippen LogP contribution in [0.5, 0.6) is 11.5 Å². The zero-order valence-electron chi connectivity index (χ0n) is 16.4. The van der Waals surface area contributed by atoms with Gasteiger partial charge in [0.25, 0.3) is 0 Å². The Morgan fingerprint density at radius 3 is 2.96 bits per heavy atom. The molecule has 7 heteroatoms. The van der Waals surface area contributed by atoms with Gasteiger partial charge in [-0.05, 0) is 43.6 Å². The molecule has 1 aromatic carbocycles. The third-order valence-electron chi connectivity index (χ3n) is 5.18. The van der Waals surface area contributed by atoms with E-state index in [0.717, 1.165) is 37.4 Å². The van der Waals surface area contributed by atoms with Crippen LogP contribution in [0.4, 0.5) is 0 Å². The van der Waals surface area contributed by atoms with Crippen LogP contribution in [0.3, 0.4) is 0 Å². The molecule has 0 bridgehead atoms. The summed E-state index contributed by atoms with van der Waals surface area (Å²) in [6.45, 7) is 1.96. The summed E-state index contributed by atoms with van der Waals surface area (Å²) in [7, 11) is 1.55. The summed E-state index contributed by atoms with van der Waals surface area (Å²) in [4.78, 5) is 14.9. The van der Waals surface area contributed by atoms with Crippen LogP contribution in [0.15, 0.2) is 18.2 Å². The number of carbonyl (C=O) groups excluding carboxylic acids is 1. The van der Waals surface area contributed by atoms with Crippen molar-refractivity contribution in [3.8, 4) is 17.6 Å². The van der Waals surface area contributed by atoms with Gasteiger partial charge in [-0.1, -0.05) is 0 Å². The normalized spacial score (nSPS) is 21.3. The van der Waals surface area contributed by atoms with Crippen LogP contribution in [0.1, 0.15) is 37.7 Å². The van der Waals surface area contributed by atoms with E-state index >= 15 is 0 Å². The minimum absolute atomic E-state index is 0.189. The Labute approximate surface area is 171 Å². The molecule has 0 spiro atoms. The summed E-state index contributed by atoms with van der Waals surface area (Å²) < 4.78 is 16.8. The Morgan fingerprint density at radius 2 is 2.29 bits per heavy atom. The highest BCUT2D eigenvalue weighted by molar-refractivity contribution is 7.99. The number of nitrogens with zero attached hydrogens (tertiary/aromatic N) is 2. The van der Waals surface area contributed by atoms with E-state index in [2.05, 4.69) is 11.0 Å². The van der Waals surface area contributed by atoms with Crippen LogP contribution < -0.4 is 9.47 Å². The Kier molecular flexibility index (Phi) is 7.87. The molecule has 0 aromatic heterocycles. The zero-order valence-corrected chi connectivity index (χ0v) is 17.2. The quantitative estimate of drug-likeness (QED) is 0.589. The summed E-state index contributed by atoms with van der Waals surface area (Å²) in [5, 5.41) is 8.97. The first-order valence-electron chi connectivity index (χ1n) is 9.91. The highest BCUT2D eigenvalue weighted by Gasteiger charge is 2.30. The molecule has 6 nitrogen and oxygen atoms in total. The molecule has 28 heavy (non-hydrogen) atoms. The van der Waals surface area contributed by atoms with Crippen LogP contribution in [0.25, 0.3) is 0 Å². The summed E-state index contributed by atoms with van der Waals surface area (Å²) in [6.07, 6.45) is 4.50. The van der Waals surface area contributed by atoms with Gasteiger partial charge in [-0.15, -0.1) is 0 Å². The average molecular weight is 405 g/mol. The van der Waals surface area contributed by atoms with E-state index in [1.165, 1.54) is 0 Å². The number of nitriles is 1. The number of methoxy groups -OCH3 is 1. The van der Waals surface area contributed by atoms with Crippen LogP contribution in [0.2, 0.25) is 0 Å². The molecule has 2 saturated heterocycles. The van der Waals surface area contributed by atoms with Crippen molar-refractivity contribution in [2.45, 2.75) is 44.2 Å². The lowest BCUT2D eigenvalue weighted by Crippen LogP contribution is -2.44. The fourth-order valence-electron chi connectivity index (χ4n) is 3.64. The topological polar surface area (TPSA) is 71.8 Å². The molecule has 3 rings (SSSR count). The van der Waals surface area contributed by atoms with Crippen molar-refractivity contribution in [3.05, 3.63) is 23.8 Å². The van der Waals surface area contributed by atoms with Crippen LogP contribution >= 0.6 is 11.8 Å². The number of rotatable bonds is 9. The van der Waals surface area contributed by atoms with Crippen molar-refractivity contribution in [3.63, 3.8) is 0 Å². The van der Waals surface area contributed by atoms with Crippen LogP contribution in [-0.4, -0.2) is 61.3 Å². The van der Waals surface area contributed by atoms with Gasteiger partial charge in [-0.25, -0.2) is 0 Å². The summed E-state index contributed by atoms with van der Waals surface area (Å²) in [5.74, 6) is 3.48. The van der Waals surface area contributed by atoms with Gasteiger partial charge in [0.1, 0.15) is 0 Å². The first-order valence-corrected chi connectivity index (χ1v) is 11.1. The largest absolute Gasteiger partial charge is 0.493 e. The molecule has 2 aliphatic heterocycles. The summed E-state index contributed by atoms with van der Waals surface area (Å²) in [6, 6.07) is 7.50. The van der Waals surface area contributed by atoms with E-state index < -0.39 is 0 Å². The lowest BCUT2D eigenvalue weighted by molar-refractivity contribution is -0.135. The highest BCUT2D eigenvalue weighted by atomic mass is 32.2. The van der Waals surface area contributed by atoms with Gasteiger partial charge in [0.15, 0.2) is 11.5 Å². The second kappa shape index (κ2) is 10.6. The Bertz CT molecular complexity index is 694. The molecule has 0 radical (unpaired) electrons. The molecule has 1 aromatic rings. The summed E-state index contributed by atoms with van der Waals surface area (Å²) >= 11 is 1.92. The average Bonchev–Trinajstić information content (AvgIpc) is 3.43. The third-order valence-corrected chi connectivity index (χ3v) is 6.32. The van der Waals surface area contributed by atoms with Crippen molar-refractivity contribution in [1.29, 1.82) is 5.26 Å². The van der Waals surface area contributed by atoms with Crippen molar-refractivity contribution < 1.29 is 19.0 Å². The maximum Gasteiger partial charge on any atom is 0.223 e. The summed E-state index contributed by atoms with van der Waals surface area (Å²) in [5.41, 5.74) is 0.526. The molecule has 0 aliphatic carbocycles. The predicted octanol–water partition coefficient (Wildman–Crippen LogP) is 3.24. The number of ether oxygens (including phenoxy) is 3. The zero-order chi connectivity index (χ0) is 19.8. The van der Waals surface area contributed by atoms with Gasteiger partial charge in [0.2, 0.25) is 5.91 Å². The van der Waals surface area contributed by atoms with Gasteiger partial charge in [0, 0.05) is 37.4 Å². The van der Waals surface area contributed by atoms with Crippen LogP contribution in [0, 0.1) is 11.3 Å². The monoisotopic (exact) mass is 404 g/mol. The van der Waals surface area contributed by atoms with Crippen molar-refractivity contribution >= 4 is 17.7 Å². The molecule has 0 N–H and O–H groups in total. The lowest BCUT2D eigenvalue weighted by Gasteiger charge is -2.31. The van der Waals surface area contributed by atoms with Crippen LogP contribution in [-0.2, 0) is 9.53 Å². The molecule has 2 fully saturated rings. The fraction of sp³-hybridized carbons (Fsp3) is 0.619. The van der Waals surface area contributed by atoms with E-state index in [1.54, 1.807) is 25.3 Å². The number of hydrogen-bond donors (Lipinski definition) is 0. The van der Waals surface area contributed by atoms with Crippen molar-refractivity contribution in [1.82, 2.24) is 4.90 Å². The SMILES string of the molecule is COc1cc(C#N)ccc1OCCCC(=O)N(CC1CCCO1)C1CCSC1. The maximum atomic E-state index is 12.9. The third kappa shape index (κ3) is 5.55. The smallest absolute Gasteiger partial charge is 0.223 e. The molecule has 152 valence electrons. The van der Waals surface area contributed by atoms with E-state index in [1.807, 2.05) is 11.8 Å². The molecule has 2 unspecified atom stereocenters. The standard InChI is InChI=1S/C21H28N2O4S/c1-25-20-12-16(13-22)6-7-19(20)27-10-3-5-21(24)23(17-8-11-28-15-17)14-18-4-2-9-26-18/h6-7,12,17-18H,2-5,8-11,14-15H2,1H3. The number of carbonyl (C=O) groups is 1. The minimum Gasteiger partial charge on any atom is -0.493 e. The van der Waals surface area contributed by atoms with Gasteiger partial charge in [0.05, 0.1) is 31.5 Å². The van der Waals surface area contributed by atoms with E-state index in [9.17, 15) is 4.79 Å². The highest BCUT2D eigenvalue weighted by Crippen LogP contribution is 2.28. The number of benzene rings is 1. The molecule has 0 saturated carbocycles. The van der Waals surface area contributed by atoms with Gasteiger partial charge in [-0.3, -0.25) is 4.79 Å². The Balaban J connectivity index is 1.49. The minimum atomic E-state index is 0.189. The molecule has 1 amide bonds.